The van der Waals surface area contributed by atoms with Crippen molar-refractivity contribution in [1.29, 1.82) is 0 Å². The number of imidazole rings is 1. The van der Waals surface area contributed by atoms with Gasteiger partial charge in [-0.05, 0) is 42.5 Å². The number of benzene rings is 2. The summed E-state index contributed by atoms with van der Waals surface area (Å²) in [4.78, 5) is 30.8. The van der Waals surface area contributed by atoms with Crippen LogP contribution in [0.15, 0.2) is 67.3 Å². The Labute approximate surface area is 183 Å². The lowest BCUT2D eigenvalue weighted by Gasteiger charge is -2.25. The molecule has 3 N–H and O–H groups in total. The van der Waals surface area contributed by atoms with Crippen LogP contribution in [0, 0.1) is 0 Å². The molecule has 0 atom stereocenters. The molecule has 3 heterocycles. The predicted octanol–water partition coefficient (Wildman–Crippen LogP) is 3.29. The molecule has 0 fully saturated rings. The maximum atomic E-state index is 12.4. The number of primary amides is 1. The van der Waals surface area contributed by atoms with Crippen molar-refractivity contribution >= 4 is 17.5 Å². The number of carbonyl (C=O) groups excluding carboxylic acids is 2. The average Bonchev–Trinajstić information content (AvgIpc) is 3.35. The summed E-state index contributed by atoms with van der Waals surface area (Å²) in [5, 5.41) is 3.27. The molecule has 0 aliphatic carbocycles. The summed E-state index contributed by atoms with van der Waals surface area (Å²) < 4.78 is 7.60. The molecule has 8 heteroatoms. The molecule has 2 amide bonds. The molecule has 32 heavy (non-hydrogen) atoms. The molecule has 0 unspecified atom stereocenters. The molecule has 2 aromatic heterocycles. The second-order valence-corrected chi connectivity index (χ2v) is 7.54. The number of hydrogen-bond acceptors (Lipinski definition) is 4. The Bertz CT molecular complexity index is 1340. The number of aromatic amines is 1. The van der Waals surface area contributed by atoms with Crippen LogP contribution in [0.3, 0.4) is 0 Å². The number of fused-ring (bicyclic) bond motifs is 3. The topological polar surface area (TPSA) is 106 Å². The third-order valence-corrected chi connectivity index (χ3v) is 5.57. The number of rotatable bonds is 5. The molecular formula is C24H21N5O3. The van der Waals surface area contributed by atoms with Gasteiger partial charge in [0.2, 0.25) is 5.91 Å². The SMILES string of the molecule is C=CC(=O)N1CCc2nc3c(C(N)=O)c(-c4ccc(Oc5ccccc5)cc4)[nH]n3c2C1. The molecule has 0 saturated carbocycles. The van der Waals surface area contributed by atoms with E-state index in [-0.39, 0.29) is 5.91 Å². The molecule has 1 aliphatic heterocycles. The summed E-state index contributed by atoms with van der Waals surface area (Å²) in [5.74, 6) is 0.702. The summed E-state index contributed by atoms with van der Waals surface area (Å²) in [7, 11) is 0. The first-order valence-electron chi connectivity index (χ1n) is 10.2. The van der Waals surface area contributed by atoms with Crippen LogP contribution in [0.4, 0.5) is 0 Å². The van der Waals surface area contributed by atoms with Gasteiger partial charge in [-0.1, -0.05) is 24.8 Å². The second-order valence-electron chi connectivity index (χ2n) is 7.54. The minimum Gasteiger partial charge on any atom is -0.457 e. The molecule has 2 aromatic carbocycles. The van der Waals surface area contributed by atoms with Gasteiger partial charge in [0.25, 0.3) is 5.91 Å². The standard InChI is InChI=1S/C24H21N5O3/c1-2-20(30)28-13-12-18-19(14-28)29-24(26-18)21(23(25)31)22(27-29)15-8-10-17(11-9-15)32-16-6-4-3-5-7-16/h2-11,27H,1,12-14H2,(H2,25,31). The van der Waals surface area contributed by atoms with E-state index < -0.39 is 5.91 Å². The van der Waals surface area contributed by atoms with Crippen LogP contribution in [0.1, 0.15) is 21.7 Å². The average molecular weight is 427 g/mol. The van der Waals surface area contributed by atoms with Gasteiger partial charge in [0.05, 0.1) is 23.6 Å². The lowest BCUT2D eigenvalue weighted by Crippen LogP contribution is -2.35. The van der Waals surface area contributed by atoms with E-state index in [0.29, 0.717) is 42.2 Å². The van der Waals surface area contributed by atoms with Crippen molar-refractivity contribution in [2.45, 2.75) is 13.0 Å². The first-order valence-corrected chi connectivity index (χ1v) is 10.2. The molecule has 1 aliphatic rings. The Kier molecular flexibility index (Phi) is 4.74. The van der Waals surface area contributed by atoms with E-state index in [0.717, 1.165) is 22.7 Å². The highest BCUT2D eigenvalue weighted by Gasteiger charge is 2.28. The van der Waals surface area contributed by atoms with Gasteiger partial charge in [0, 0.05) is 18.5 Å². The van der Waals surface area contributed by atoms with Crippen molar-refractivity contribution in [2.75, 3.05) is 6.54 Å². The van der Waals surface area contributed by atoms with Crippen LogP contribution in [0.25, 0.3) is 16.9 Å². The smallest absolute Gasteiger partial charge is 0.254 e. The molecule has 0 bridgehead atoms. The van der Waals surface area contributed by atoms with Crippen molar-refractivity contribution in [3.63, 3.8) is 0 Å². The Morgan fingerprint density at radius 3 is 2.50 bits per heavy atom. The largest absolute Gasteiger partial charge is 0.457 e. The number of carbonyl (C=O) groups is 2. The third-order valence-electron chi connectivity index (χ3n) is 5.57. The summed E-state index contributed by atoms with van der Waals surface area (Å²) >= 11 is 0. The number of nitrogens with zero attached hydrogens (tertiary/aromatic N) is 3. The highest BCUT2D eigenvalue weighted by atomic mass is 16.5. The van der Waals surface area contributed by atoms with Crippen LogP contribution in [-0.2, 0) is 17.8 Å². The zero-order valence-electron chi connectivity index (χ0n) is 17.2. The number of hydrogen-bond donors (Lipinski definition) is 2. The lowest BCUT2D eigenvalue weighted by molar-refractivity contribution is -0.126. The summed E-state index contributed by atoms with van der Waals surface area (Å²) in [6.07, 6.45) is 1.90. The number of ether oxygens (including phenoxy) is 1. The van der Waals surface area contributed by atoms with Gasteiger partial charge in [-0.15, -0.1) is 0 Å². The van der Waals surface area contributed by atoms with E-state index >= 15 is 0 Å². The van der Waals surface area contributed by atoms with E-state index in [1.54, 1.807) is 9.42 Å². The van der Waals surface area contributed by atoms with Crippen molar-refractivity contribution in [3.05, 3.63) is 84.2 Å². The van der Waals surface area contributed by atoms with Crippen LogP contribution >= 0.6 is 0 Å². The minimum atomic E-state index is -0.572. The van der Waals surface area contributed by atoms with Crippen LogP contribution < -0.4 is 10.5 Å². The third kappa shape index (κ3) is 3.31. The zero-order valence-corrected chi connectivity index (χ0v) is 17.2. The second kappa shape index (κ2) is 7.73. The van der Waals surface area contributed by atoms with Gasteiger partial charge in [0.1, 0.15) is 17.1 Å². The Balaban J connectivity index is 1.52. The first kappa shape index (κ1) is 19.6. The van der Waals surface area contributed by atoms with Gasteiger partial charge in [-0.2, -0.15) is 0 Å². The van der Waals surface area contributed by atoms with Gasteiger partial charge in [-0.3, -0.25) is 14.7 Å². The van der Waals surface area contributed by atoms with Gasteiger partial charge >= 0.3 is 0 Å². The normalized spacial score (nSPS) is 13.1. The van der Waals surface area contributed by atoms with Gasteiger partial charge in [-0.25, -0.2) is 9.50 Å². The molecule has 0 spiro atoms. The Morgan fingerprint density at radius 1 is 1.09 bits per heavy atom. The van der Waals surface area contributed by atoms with Crippen LogP contribution in [-0.4, -0.2) is 37.9 Å². The molecule has 5 rings (SSSR count). The summed E-state index contributed by atoms with van der Waals surface area (Å²) in [6, 6.07) is 16.9. The number of H-pyrrole nitrogens is 1. The number of nitrogens with one attached hydrogen (secondary N) is 1. The molecule has 0 saturated heterocycles. The monoisotopic (exact) mass is 427 g/mol. The molecule has 160 valence electrons. The van der Waals surface area contributed by atoms with E-state index in [4.69, 9.17) is 10.5 Å². The predicted molar refractivity (Wildman–Crippen MR) is 119 cm³/mol. The van der Waals surface area contributed by atoms with Crippen LogP contribution in [0.2, 0.25) is 0 Å². The first-order chi connectivity index (χ1) is 15.5. The highest BCUT2D eigenvalue weighted by Crippen LogP contribution is 2.31. The van der Waals surface area contributed by atoms with Crippen molar-refractivity contribution in [2.24, 2.45) is 5.73 Å². The van der Waals surface area contributed by atoms with E-state index in [2.05, 4.69) is 16.7 Å². The minimum absolute atomic E-state index is 0.137. The van der Waals surface area contributed by atoms with E-state index in [1.165, 1.54) is 6.08 Å². The molecule has 0 radical (unpaired) electrons. The fourth-order valence-corrected chi connectivity index (χ4v) is 4.00. The van der Waals surface area contributed by atoms with Crippen LogP contribution in [0.5, 0.6) is 11.5 Å². The molecule has 8 nitrogen and oxygen atoms in total. The van der Waals surface area contributed by atoms with Gasteiger partial charge in [0.15, 0.2) is 5.65 Å². The number of amides is 2. The molecule has 4 aromatic rings. The fourth-order valence-electron chi connectivity index (χ4n) is 4.00. The zero-order chi connectivity index (χ0) is 22.2. The van der Waals surface area contributed by atoms with E-state index in [1.807, 2.05) is 54.6 Å². The fraction of sp³-hybridized carbons (Fsp3) is 0.125. The van der Waals surface area contributed by atoms with Crippen molar-refractivity contribution in [1.82, 2.24) is 19.5 Å². The van der Waals surface area contributed by atoms with Gasteiger partial charge < -0.3 is 15.4 Å². The van der Waals surface area contributed by atoms with E-state index in [9.17, 15) is 9.59 Å². The summed E-state index contributed by atoms with van der Waals surface area (Å²) in [5.41, 5.74) is 9.55. The lowest BCUT2D eigenvalue weighted by atomic mass is 10.1. The summed E-state index contributed by atoms with van der Waals surface area (Å²) in [6.45, 7) is 4.50. The number of para-hydroxylation sites is 1. The maximum absolute atomic E-state index is 12.4. The van der Waals surface area contributed by atoms with Crippen molar-refractivity contribution < 1.29 is 14.3 Å². The Morgan fingerprint density at radius 2 is 1.81 bits per heavy atom. The maximum Gasteiger partial charge on any atom is 0.254 e. The number of nitrogens with two attached hydrogens (primary N) is 1. The quantitative estimate of drug-likeness (QED) is 0.477. The number of aromatic nitrogens is 3. The Hall–Kier alpha value is -4.33. The van der Waals surface area contributed by atoms with Crippen molar-refractivity contribution in [3.8, 4) is 22.8 Å². The highest BCUT2D eigenvalue weighted by molar-refractivity contribution is 6.04. The molecular weight excluding hydrogens is 406 g/mol.